The maximum Gasteiger partial charge on any atom is 0.0210 e. The summed E-state index contributed by atoms with van der Waals surface area (Å²) in [6, 6.07) is 17.1. The van der Waals surface area contributed by atoms with Gasteiger partial charge in [-0.3, -0.25) is 0 Å². The Labute approximate surface area is 137 Å². The summed E-state index contributed by atoms with van der Waals surface area (Å²) in [5.74, 6) is 1.23. The van der Waals surface area contributed by atoms with Crippen LogP contribution < -0.4 is 5.32 Å². The summed E-state index contributed by atoms with van der Waals surface area (Å²) in [5.41, 5.74) is 2.83. The molecule has 104 valence electrons. The van der Waals surface area contributed by atoms with Gasteiger partial charge in [-0.2, -0.15) is 0 Å². The van der Waals surface area contributed by atoms with Crippen molar-refractivity contribution < 1.29 is 0 Å². The van der Waals surface area contributed by atoms with Gasteiger partial charge in [0.1, 0.15) is 0 Å². The van der Waals surface area contributed by atoms with Crippen LogP contribution in [0.4, 0.5) is 0 Å². The normalized spacial score (nSPS) is 22.1. The highest BCUT2D eigenvalue weighted by atomic mass is 79.9. The third-order valence-electron chi connectivity index (χ3n) is 4.08. The molecule has 2 aromatic carbocycles. The SMILES string of the molecule is Brc1ccccc1C[C@H]1CNC[C@@H]1c1ccccc1Br. The molecule has 1 heterocycles. The number of nitrogens with one attached hydrogen (secondary N) is 1. The third kappa shape index (κ3) is 3.00. The van der Waals surface area contributed by atoms with Crippen molar-refractivity contribution >= 4 is 31.9 Å². The zero-order valence-electron chi connectivity index (χ0n) is 11.2. The molecule has 3 rings (SSSR count). The number of hydrogen-bond acceptors (Lipinski definition) is 1. The van der Waals surface area contributed by atoms with Crippen LogP contribution in [0.25, 0.3) is 0 Å². The minimum atomic E-state index is 0.581. The fourth-order valence-electron chi connectivity index (χ4n) is 3.03. The van der Waals surface area contributed by atoms with E-state index >= 15 is 0 Å². The van der Waals surface area contributed by atoms with E-state index in [2.05, 4.69) is 85.7 Å². The van der Waals surface area contributed by atoms with Crippen molar-refractivity contribution in [2.75, 3.05) is 13.1 Å². The van der Waals surface area contributed by atoms with Gasteiger partial charge in [-0.25, -0.2) is 0 Å². The van der Waals surface area contributed by atoms with Gasteiger partial charge in [0.2, 0.25) is 0 Å². The van der Waals surface area contributed by atoms with Crippen molar-refractivity contribution in [1.29, 1.82) is 0 Å². The molecular formula is C17H17Br2N. The first-order chi connectivity index (χ1) is 9.75. The molecule has 20 heavy (non-hydrogen) atoms. The number of halogens is 2. The summed E-state index contributed by atoms with van der Waals surface area (Å²) >= 11 is 7.36. The molecule has 3 heteroatoms. The average molecular weight is 395 g/mol. The van der Waals surface area contributed by atoms with Crippen LogP contribution in [0.5, 0.6) is 0 Å². The fourth-order valence-corrected chi connectivity index (χ4v) is 4.06. The molecule has 0 unspecified atom stereocenters. The van der Waals surface area contributed by atoms with E-state index in [1.165, 1.54) is 20.1 Å². The summed E-state index contributed by atoms with van der Waals surface area (Å²) in [5, 5.41) is 3.55. The van der Waals surface area contributed by atoms with Crippen LogP contribution in [0.3, 0.4) is 0 Å². The van der Waals surface area contributed by atoms with Crippen molar-refractivity contribution in [3.63, 3.8) is 0 Å². The summed E-state index contributed by atoms with van der Waals surface area (Å²) in [6.07, 6.45) is 1.11. The second-order valence-electron chi connectivity index (χ2n) is 5.34. The predicted octanol–water partition coefficient (Wildman–Crippen LogP) is 4.76. The van der Waals surface area contributed by atoms with Gasteiger partial charge in [0, 0.05) is 21.4 Å². The number of benzene rings is 2. The maximum absolute atomic E-state index is 3.70. The van der Waals surface area contributed by atoms with Gasteiger partial charge in [0.25, 0.3) is 0 Å². The molecule has 0 radical (unpaired) electrons. The lowest BCUT2D eigenvalue weighted by atomic mass is 9.85. The van der Waals surface area contributed by atoms with Gasteiger partial charge in [0.05, 0.1) is 0 Å². The zero-order valence-corrected chi connectivity index (χ0v) is 14.3. The highest BCUT2D eigenvalue weighted by molar-refractivity contribution is 9.10. The monoisotopic (exact) mass is 393 g/mol. The number of hydrogen-bond donors (Lipinski definition) is 1. The van der Waals surface area contributed by atoms with Gasteiger partial charge in [-0.1, -0.05) is 68.3 Å². The van der Waals surface area contributed by atoms with E-state index in [1.807, 2.05) is 0 Å². The largest absolute Gasteiger partial charge is 0.316 e. The van der Waals surface area contributed by atoms with Crippen molar-refractivity contribution in [3.8, 4) is 0 Å². The quantitative estimate of drug-likeness (QED) is 0.791. The van der Waals surface area contributed by atoms with Gasteiger partial charge in [-0.05, 0) is 42.1 Å². The maximum atomic E-state index is 3.70. The molecule has 0 saturated carbocycles. The number of rotatable bonds is 3. The molecule has 2 atom stereocenters. The molecule has 1 aliphatic heterocycles. The topological polar surface area (TPSA) is 12.0 Å². The standard InChI is InChI=1S/C17H17Br2N/c18-16-7-3-1-5-12(16)9-13-10-20-11-15(13)14-6-2-4-8-17(14)19/h1-8,13,15,20H,9-11H2/t13-,15-/m0/s1. The molecule has 0 aliphatic carbocycles. The van der Waals surface area contributed by atoms with Crippen LogP contribution in [0.15, 0.2) is 57.5 Å². The van der Waals surface area contributed by atoms with Gasteiger partial charge < -0.3 is 5.32 Å². The fraction of sp³-hybridized carbons (Fsp3) is 0.294. The first-order valence-corrected chi connectivity index (χ1v) is 8.53. The molecule has 0 spiro atoms. The van der Waals surface area contributed by atoms with Crippen LogP contribution in [-0.2, 0) is 6.42 Å². The second-order valence-corrected chi connectivity index (χ2v) is 7.05. The molecule has 1 nitrogen and oxygen atoms in total. The molecule has 0 aromatic heterocycles. The van der Waals surface area contributed by atoms with E-state index in [0.717, 1.165) is 19.5 Å². The smallest absolute Gasteiger partial charge is 0.0210 e. The Morgan fingerprint density at radius 3 is 2.35 bits per heavy atom. The van der Waals surface area contributed by atoms with Crippen molar-refractivity contribution in [2.24, 2.45) is 5.92 Å². The summed E-state index contributed by atoms with van der Waals surface area (Å²) < 4.78 is 2.45. The van der Waals surface area contributed by atoms with E-state index in [1.54, 1.807) is 0 Å². The predicted molar refractivity (Wildman–Crippen MR) is 91.1 cm³/mol. The summed E-state index contributed by atoms with van der Waals surface area (Å²) in [6.45, 7) is 2.16. The Hall–Kier alpha value is -0.640. The zero-order chi connectivity index (χ0) is 13.9. The first kappa shape index (κ1) is 14.3. The van der Waals surface area contributed by atoms with Crippen LogP contribution >= 0.6 is 31.9 Å². The lowest BCUT2D eigenvalue weighted by Gasteiger charge is -2.20. The van der Waals surface area contributed by atoms with Gasteiger partial charge >= 0.3 is 0 Å². The second kappa shape index (κ2) is 6.42. The van der Waals surface area contributed by atoms with Gasteiger partial charge in [0.15, 0.2) is 0 Å². The molecular weight excluding hydrogens is 378 g/mol. The van der Waals surface area contributed by atoms with E-state index in [4.69, 9.17) is 0 Å². The molecule has 0 amide bonds. The van der Waals surface area contributed by atoms with E-state index in [9.17, 15) is 0 Å². The molecule has 0 bridgehead atoms. The van der Waals surface area contributed by atoms with Crippen LogP contribution in [0.1, 0.15) is 17.0 Å². The van der Waals surface area contributed by atoms with E-state index in [-0.39, 0.29) is 0 Å². The van der Waals surface area contributed by atoms with Crippen molar-refractivity contribution in [1.82, 2.24) is 5.32 Å². The minimum absolute atomic E-state index is 0.581. The van der Waals surface area contributed by atoms with Crippen LogP contribution in [0.2, 0.25) is 0 Å². The Balaban J connectivity index is 1.83. The first-order valence-electron chi connectivity index (χ1n) is 6.94. The Morgan fingerprint density at radius 2 is 1.60 bits per heavy atom. The van der Waals surface area contributed by atoms with Crippen molar-refractivity contribution in [2.45, 2.75) is 12.3 Å². The Kier molecular flexibility index (Phi) is 4.59. The molecule has 1 aliphatic rings. The van der Waals surface area contributed by atoms with Crippen LogP contribution in [0, 0.1) is 5.92 Å². The molecule has 2 aromatic rings. The summed E-state index contributed by atoms with van der Waals surface area (Å²) in [4.78, 5) is 0. The lowest BCUT2D eigenvalue weighted by molar-refractivity contribution is 0.514. The van der Waals surface area contributed by atoms with E-state index in [0.29, 0.717) is 11.8 Å². The molecule has 1 fully saturated rings. The molecule has 1 saturated heterocycles. The lowest BCUT2D eigenvalue weighted by Crippen LogP contribution is -2.14. The van der Waals surface area contributed by atoms with Crippen molar-refractivity contribution in [3.05, 3.63) is 68.6 Å². The Morgan fingerprint density at radius 1 is 0.900 bits per heavy atom. The highest BCUT2D eigenvalue weighted by Gasteiger charge is 2.29. The van der Waals surface area contributed by atoms with Gasteiger partial charge in [-0.15, -0.1) is 0 Å². The minimum Gasteiger partial charge on any atom is -0.316 e. The molecule has 1 N–H and O–H groups in total. The average Bonchev–Trinajstić information content (AvgIpc) is 2.90. The summed E-state index contributed by atoms with van der Waals surface area (Å²) in [7, 11) is 0. The third-order valence-corrected chi connectivity index (χ3v) is 5.58. The highest BCUT2D eigenvalue weighted by Crippen LogP contribution is 2.35. The van der Waals surface area contributed by atoms with Crippen LogP contribution in [-0.4, -0.2) is 13.1 Å². The Bertz CT molecular complexity index is 597. The van der Waals surface area contributed by atoms with E-state index < -0.39 is 0 Å².